The second kappa shape index (κ2) is 4.04. The smallest absolute Gasteiger partial charge is 0.130 e. The summed E-state index contributed by atoms with van der Waals surface area (Å²) < 4.78 is 1.72. The van der Waals surface area contributed by atoms with Crippen LogP contribution in [-0.4, -0.2) is 21.0 Å². The van der Waals surface area contributed by atoms with E-state index in [-0.39, 0.29) is 11.5 Å². The lowest BCUT2D eigenvalue weighted by molar-refractivity contribution is 0.163. The molecule has 16 heavy (non-hydrogen) atoms. The van der Waals surface area contributed by atoms with Gasteiger partial charge in [-0.2, -0.15) is 5.10 Å². The third kappa shape index (κ3) is 2.11. The quantitative estimate of drug-likeness (QED) is 0.865. The Morgan fingerprint density at radius 1 is 1.62 bits per heavy atom. The van der Waals surface area contributed by atoms with Crippen molar-refractivity contribution in [3.05, 3.63) is 16.4 Å². The molecule has 1 aromatic heterocycles. The summed E-state index contributed by atoms with van der Waals surface area (Å²) in [6.45, 7) is 4.22. The van der Waals surface area contributed by atoms with E-state index in [1.54, 1.807) is 4.68 Å². The van der Waals surface area contributed by atoms with Crippen LogP contribution in [0, 0.1) is 12.3 Å². The Hall–Kier alpha value is -0.540. The van der Waals surface area contributed by atoms with Crippen LogP contribution >= 0.6 is 11.6 Å². The fraction of sp³-hybridized carbons (Fsp3) is 0.750. The van der Waals surface area contributed by atoms with Crippen molar-refractivity contribution in [3.8, 4) is 0 Å². The van der Waals surface area contributed by atoms with E-state index in [9.17, 15) is 5.11 Å². The maximum Gasteiger partial charge on any atom is 0.130 e. The van der Waals surface area contributed by atoms with Crippen LogP contribution in [0.3, 0.4) is 0 Å². The van der Waals surface area contributed by atoms with Gasteiger partial charge in [-0.25, -0.2) is 0 Å². The number of aliphatic hydroxyl groups excluding tert-OH is 1. The Morgan fingerprint density at radius 2 is 2.31 bits per heavy atom. The molecule has 1 aliphatic rings. The molecule has 90 valence electrons. The molecule has 1 heterocycles. The SMILES string of the molecule is Cc1nn(C)c(Cl)c1CC1(C)CCC(O)C1. The Bertz CT molecular complexity index is 402. The minimum Gasteiger partial charge on any atom is -0.393 e. The van der Waals surface area contributed by atoms with Gasteiger partial charge in [-0.15, -0.1) is 0 Å². The van der Waals surface area contributed by atoms with Gasteiger partial charge in [-0.3, -0.25) is 4.68 Å². The van der Waals surface area contributed by atoms with E-state index >= 15 is 0 Å². The van der Waals surface area contributed by atoms with E-state index in [0.717, 1.165) is 42.1 Å². The fourth-order valence-electron chi connectivity index (χ4n) is 2.75. The Morgan fingerprint density at radius 3 is 2.75 bits per heavy atom. The van der Waals surface area contributed by atoms with Gasteiger partial charge in [0.05, 0.1) is 11.8 Å². The van der Waals surface area contributed by atoms with E-state index in [1.807, 2.05) is 14.0 Å². The molecule has 3 nitrogen and oxygen atoms in total. The molecule has 0 amide bonds. The molecule has 0 saturated heterocycles. The van der Waals surface area contributed by atoms with Gasteiger partial charge in [0.25, 0.3) is 0 Å². The minimum atomic E-state index is -0.138. The van der Waals surface area contributed by atoms with Gasteiger partial charge in [-0.05, 0) is 38.0 Å². The molecule has 2 atom stereocenters. The van der Waals surface area contributed by atoms with Crippen molar-refractivity contribution in [2.75, 3.05) is 0 Å². The molecule has 1 saturated carbocycles. The zero-order chi connectivity index (χ0) is 11.9. The van der Waals surface area contributed by atoms with Crippen LogP contribution in [0.15, 0.2) is 0 Å². The van der Waals surface area contributed by atoms with Crippen LogP contribution in [0.2, 0.25) is 5.15 Å². The first-order chi connectivity index (χ1) is 7.41. The highest BCUT2D eigenvalue weighted by Crippen LogP contribution is 2.42. The van der Waals surface area contributed by atoms with Gasteiger partial charge < -0.3 is 5.11 Å². The summed E-state index contributed by atoms with van der Waals surface area (Å²) >= 11 is 6.23. The molecule has 0 spiro atoms. The number of aromatic nitrogens is 2. The van der Waals surface area contributed by atoms with Crippen molar-refractivity contribution < 1.29 is 5.11 Å². The molecule has 1 aliphatic carbocycles. The van der Waals surface area contributed by atoms with E-state index in [1.165, 1.54) is 0 Å². The molecular weight excluding hydrogens is 224 g/mol. The number of aliphatic hydroxyl groups is 1. The highest BCUT2D eigenvalue weighted by atomic mass is 35.5. The summed E-state index contributed by atoms with van der Waals surface area (Å²) in [5.74, 6) is 0. The highest BCUT2D eigenvalue weighted by molar-refractivity contribution is 6.30. The lowest BCUT2D eigenvalue weighted by Crippen LogP contribution is -2.17. The van der Waals surface area contributed by atoms with E-state index in [2.05, 4.69) is 12.0 Å². The lowest BCUT2D eigenvalue weighted by atomic mass is 9.82. The van der Waals surface area contributed by atoms with Gasteiger partial charge >= 0.3 is 0 Å². The van der Waals surface area contributed by atoms with Gasteiger partial charge in [-0.1, -0.05) is 18.5 Å². The largest absolute Gasteiger partial charge is 0.393 e. The van der Waals surface area contributed by atoms with Crippen molar-refractivity contribution in [2.45, 2.75) is 45.6 Å². The molecule has 1 N–H and O–H groups in total. The maximum absolute atomic E-state index is 9.63. The number of nitrogens with zero attached hydrogens (tertiary/aromatic N) is 2. The van der Waals surface area contributed by atoms with E-state index in [0.29, 0.717) is 0 Å². The Kier molecular flexibility index (Phi) is 3.01. The minimum absolute atomic E-state index is 0.138. The highest BCUT2D eigenvalue weighted by Gasteiger charge is 2.35. The van der Waals surface area contributed by atoms with Crippen molar-refractivity contribution in [1.82, 2.24) is 9.78 Å². The first kappa shape index (κ1) is 11.9. The molecule has 0 bridgehead atoms. The third-order valence-electron chi connectivity index (χ3n) is 3.68. The molecule has 4 heteroatoms. The summed E-state index contributed by atoms with van der Waals surface area (Å²) in [7, 11) is 1.87. The van der Waals surface area contributed by atoms with Gasteiger partial charge in [0.2, 0.25) is 0 Å². The molecule has 1 fully saturated rings. The Balaban J connectivity index is 2.21. The summed E-state index contributed by atoms with van der Waals surface area (Å²) in [6, 6.07) is 0. The van der Waals surface area contributed by atoms with Crippen molar-refractivity contribution in [2.24, 2.45) is 12.5 Å². The van der Waals surface area contributed by atoms with Crippen molar-refractivity contribution >= 4 is 11.6 Å². The first-order valence-corrected chi connectivity index (χ1v) is 6.15. The number of halogens is 1. The summed E-state index contributed by atoms with van der Waals surface area (Å²) in [5.41, 5.74) is 2.33. The van der Waals surface area contributed by atoms with E-state index < -0.39 is 0 Å². The van der Waals surface area contributed by atoms with Crippen molar-refractivity contribution in [1.29, 1.82) is 0 Å². The molecule has 1 aromatic rings. The van der Waals surface area contributed by atoms with Gasteiger partial charge in [0.1, 0.15) is 5.15 Å². The zero-order valence-corrected chi connectivity index (χ0v) is 10.9. The van der Waals surface area contributed by atoms with Crippen LogP contribution in [0.25, 0.3) is 0 Å². The van der Waals surface area contributed by atoms with Gasteiger partial charge in [0, 0.05) is 12.6 Å². The predicted molar refractivity (Wildman–Crippen MR) is 64.6 cm³/mol. The second-order valence-electron chi connectivity index (χ2n) is 5.36. The summed E-state index contributed by atoms with van der Waals surface area (Å²) in [6.07, 6.45) is 3.63. The third-order valence-corrected chi connectivity index (χ3v) is 4.16. The average molecular weight is 243 g/mol. The zero-order valence-electron chi connectivity index (χ0n) is 10.1. The molecule has 2 unspecified atom stereocenters. The predicted octanol–water partition coefficient (Wildman–Crippen LogP) is 2.48. The maximum atomic E-state index is 9.63. The average Bonchev–Trinajstić information content (AvgIpc) is 2.63. The lowest BCUT2D eigenvalue weighted by Gasteiger charge is -2.23. The molecule has 0 radical (unpaired) electrons. The molecular formula is C12H19ClN2O. The Labute approximate surface area is 101 Å². The van der Waals surface area contributed by atoms with Crippen LogP contribution in [-0.2, 0) is 13.5 Å². The van der Waals surface area contributed by atoms with Crippen LogP contribution < -0.4 is 0 Å². The number of rotatable bonds is 2. The number of hydrogen-bond donors (Lipinski definition) is 1. The normalized spacial score (nSPS) is 29.9. The molecule has 0 aromatic carbocycles. The monoisotopic (exact) mass is 242 g/mol. The first-order valence-electron chi connectivity index (χ1n) is 5.77. The topological polar surface area (TPSA) is 38.0 Å². The molecule has 0 aliphatic heterocycles. The van der Waals surface area contributed by atoms with Crippen LogP contribution in [0.4, 0.5) is 0 Å². The van der Waals surface area contributed by atoms with E-state index in [4.69, 9.17) is 11.6 Å². The number of aryl methyl sites for hydroxylation is 2. The van der Waals surface area contributed by atoms with Crippen LogP contribution in [0.5, 0.6) is 0 Å². The summed E-state index contributed by atoms with van der Waals surface area (Å²) in [4.78, 5) is 0. The molecule has 2 rings (SSSR count). The standard InChI is InChI=1S/C12H19ClN2O/c1-8-10(11(13)15(3)14-8)7-12(2)5-4-9(16)6-12/h9,16H,4-7H2,1-3H3. The van der Waals surface area contributed by atoms with Crippen LogP contribution in [0.1, 0.15) is 37.4 Å². The van der Waals surface area contributed by atoms with Crippen molar-refractivity contribution in [3.63, 3.8) is 0 Å². The second-order valence-corrected chi connectivity index (χ2v) is 5.72. The van der Waals surface area contributed by atoms with Gasteiger partial charge in [0.15, 0.2) is 0 Å². The fourth-order valence-corrected chi connectivity index (χ4v) is 2.99. The number of hydrogen-bond acceptors (Lipinski definition) is 2. The summed E-state index contributed by atoms with van der Waals surface area (Å²) in [5, 5.41) is 14.7.